The Balaban J connectivity index is 1.94. The Bertz CT molecular complexity index is 689. The number of rotatable bonds is 3. The third kappa shape index (κ3) is 2.20. The summed E-state index contributed by atoms with van der Waals surface area (Å²) in [6.45, 7) is 1.12. The van der Waals surface area contributed by atoms with E-state index in [-0.39, 0.29) is 5.78 Å². The number of carbonyl (C=O) groups is 1. The van der Waals surface area contributed by atoms with Gasteiger partial charge in [-0.15, -0.1) is 0 Å². The van der Waals surface area contributed by atoms with Gasteiger partial charge < -0.3 is 4.74 Å². The van der Waals surface area contributed by atoms with E-state index < -0.39 is 5.92 Å². The Morgan fingerprint density at radius 3 is 2.90 bits per heavy atom. The number of fused-ring (bicyclic) bond motifs is 1. The number of benzene rings is 1. The molecular weight excluding hydrogens is 252 g/mol. The van der Waals surface area contributed by atoms with Crippen LogP contribution in [-0.2, 0) is 18.0 Å². The second-order valence-electron chi connectivity index (χ2n) is 4.69. The largest absolute Gasteiger partial charge is 0.372 e. The molecule has 0 spiro atoms. The van der Waals surface area contributed by atoms with E-state index in [1.807, 2.05) is 12.1 Å². The van der Waals surface area contributed by atoms with E-state index in [9.17, 15) is 10.1 Å². The summed E-state index contributed by atoms with van der Waals surface area (Å²) in [7, 11) is 0. The van der Waals surface area contributed by atoms with Crippen LogP contribution in [0.15, 0.2) is 42.7 Å². The molecule has 1 atom stereocenters. The smallest absolute Gasteiger partial charge is 0.184 e. The molecule has 0 fully saturated rings. The highest BCUT2D eigenvalue weighted by Crippen LogP contribution is 2.25. The molecule has 0 amide bonds. The average molecular weight is 264 g/mol. The minimum absolute atomic E-state index is 0.199. The monoisotopic (exact) mass is 264 g/mol. The number of Topliss-reactive ketones (excluding diaryl/α,β-unsaturated/α-hetero) is 1. The van der Waals surface area contributed by atoms with Gasteiger partial charge in [-0.25, -0.2) is 0 Å². The number of nitrogens with zero attached hydrogens (tertiary/aromatic N) is 2. The molecule has 1 unspecified atom stereocenters. The fourth-order valence-corrected chi connectivity index (χ4v) is 2.32. The van der Waals surface area contributed by atoms with Crippen LogP contribution in [0.2, 0.25) is 0 Å². The Labute approximate surface area is 116 Å². The van der Waals surface area contributed by atoms with Gasteiger partial charge in [0.2, 0.25) is 0 Å². The van der Waals surface area contributed by atoms with E-state index in [1.54, 1.807) is 30.6 Å². The quantitative estimate of drug-likeness (QED) is 0.799. The van der Waals surface area contributed by atoms with Crippen LogP contribution in [0, 0.1) is 11.3 Å². The molecule has 1 aromatic carbocycles. The molecule has 98 valence electrons. The lowest BCUT2D eigenvalue weighted by atomic mass is 9.91. The van der Waals surface area contributed by atoms with Gasteiger partial charge in [0.1, 0.15) is 5.92 Å². The van der Waals surface area contributed by atoms with Gasteiger partial charge in [-0.1, -0.05) is 18.2 Å². The maximum absolute atomic E-state index is 12.5. The number of hydrogen-bond acceptors (Lipinski definition) is 4. The molecule has 0 radical (unpaired) electrons. The number of hydrogen-bond donors (Lipinski definition) is 0. The third-order valence-electron chi connectivity index (χ3n) is 3.41. The van der Waals surface area contributed by atoms with Crippen molar-refractivity contribution in [2.45, 2.75) is 19.1 Å². The van der Waals surface area contributed by atoms with E-state index in [0.717, 1.165) is 11.1 Å². The number of ether oxygens (including phenoxy) is 1. The van der Waals surface area contributed by atoms with E-state index in [1.165, 1.54) is 0 Å². The first kappa shape index (κ1) is 12.5. The molecule has 20 heavy (non-hydrogen) atoms. The molecule has 2 aromatic rings. The summed E-state index contributed by atoms with van der Waals surface area (Å²) in [6.07, 6.45) is 3.18. The summed E-state index contributed by atoms with van der Waals surface area (Å²) in [6, 6.07) is 11.0. The maximum Gasteiger partial charge on any atom is 0.184 e. The van der Waals surface area contributed by atoms with Crippen molar-refractivity contribution < 1.29 is 9.53 Å². The highest BCUT2D eigenvalue weighted by molar-refractivity contribution is 6.02. The van der Waals surface area contributed by atoms with Gasteiger partial charge in [-0.2, -0.15) is 5.26 Å². The van der Waals surface area contributed by atoms with Crippen molar-refractivity contribution in [1.82, 2.24) is 4.98 Å². The van der Waals surface area contributed by atoms with E-state index in [0.29, 0.717) is 24.3 Å². The molecule has 0 saturated carbocycles. The van der Waals surface area contributed by atoms with E-state index in [2.05, 4.69) is 11.1 Å². The highest BCUT2D eigenvalue weighted by Gasteiger charge is 2.23. The van der Waals surface area contributed by atoms with Crippen LogP contribution >= 0.6 is 0 Å². The first-order chi connectivity index (χ1) is 9.79. The van der Waals surface area contributed by atoms with Gasteiger partial charge >= 0.3 is 0 Å². The predicted molar refractivity (Wildman–Crippen MR) is 71.9 cm³/mol. The summed E-state index contributed by atoms with van der Waals surface area (Å²) in [5, 5.41) is 9.28. The standard InChI is InChI=1S/C16H12N2O2/c17-7-15(12-2-1-5-18-8-12)16(19)11-3-4-13-9-20-10-14(13)6-11/h1-6,8,15H,9-10H2. The zero-order valence-electron chi connectivity index (χ0n) is 10.7. The topological polar surface area (TPSA) is 63.0 Å². The van der Waals surface area contributed by atoms with Gasteiger partial charge in [-0.05, 0) is 28.8 Å². The first-order valence-corrected chi connectivity index (χ1v) is 6.33. The molecule has 0 bridgehead atoms. The lowest BCUT2D eigenvalue weighted by molar-refractivity contribution is 0.0978. The van der Waals surface area contributed by atoms with Crippen LogP contribution in [0.1, 0.15) is 33.0 Å². The number of ketones is 1. The lowest BCUT2D eigenvalue weighted by Gasteiger charge is -2.09. The van der Waals surface area contributed by atoms with E-state index >= 15 is 0 Å². The van der Waals surface area contributed by atoms with Crippen LogP contribution in [0.25, 0.3) is 0 Å². The van der Waals surface area contributed by atoms with Gasteiger partial charge in [0.15, 0.2) is 5.78 Å². The van der Waals surface area contributed by atoms with Crippen LogP contribution in [0.5, 0.6) is 0 Å². The summed E-state index contributed by atoms with van der Waals surface area (Å²) < 4.78 is 5.33. The SMILES string of the molecule is N#CC(C(=O)c1ccc2c(c1)COC2)c1cccnc1. The zero-order valence-corrected chi connectivity index (χ0v) is 10.7. The molecule has 4 nitrogen and oxygen atoms in total. The van der Waals surface area contributed by atoms with Gasteiger partial charge in [0.25, 0.3) is 0 Å². The molecule has 4 heteroatoms. The molecule has 1 aromatic heterocycles. The Hall–Kier alpha value is -2.51. The number of pyridine rings is 1. The molecule has 0 N–H and O–H groups in total. The summed E-state index contributed by atoms with van der Waals surface area (Å²) >= 11 is 0. The molecule has 2 heterocycles. The van der Waals surface area contributed by atoms with Gasteiger partial charge in [0, 0.05) is 18.0 Å². The predicted octanol–water partition coefficient (Wildman–Crippen LogP) is 2.60. The van der Waals surface area contributed by atoms with Crippen molar-refractivity contribution >= 4 is 5.78 Å². The Kier molecular flexibility index (Phi) is 3.28. The van der Waals surface area contributed by atoms with Crippen LogP contribution in [-0.4, -0.2) is 10.8 Å². The van der Waals surface area contributed by atoms with Crippen molar-refractivity contribution in [3.8, 4) is 6.07 Å². The highest BCUT2D eigenvalue weighted by atomic mass is 16.5. The second-order valence-corrected chi connectivity index (χ2v) is 4.69. The summed E-state index contributed by atoms with van der Waals surface area (Å²) in [5.74, 6) is -1.01. The fourth-order valence-electron chi connectivity index (χ4n) is 2.32. The molecule has 1 aliphatic heterocycles. The molecule has 0 aliphatic carbocycles. The van der Waals surface area contributed by atoms with Crippen LogP contribution < -0.4 is 0 Å². The van der Waals surface area contributed by atoms with Crippen molar-refractivity contribution in [3.05, 3.63) is 65.0 Å². The first-order valence-electron chi connectivity index (χ1n) is 6.33. The van der Waals surface area contributed by atoms with Crippen LogP contribution in [0.3, 0.4) is 0 Å². The van der Waals surface area contributed by atoms with Gasteiger partial charge in [-0.3, -0.25) is 9.78 Å². The average Bonchev–Trinajstić information content (AvgIpc) is 2.96. The van der Waals surface area contributed by atoms with E-state index in [4.69, 9.17) is 4.74 Å². The Morgan fingerprint density at radius 2 is 2.15 bits per heavy atom. The van der Waals surface area contributed by atoms with Gasteiger partial charge in [0.05, 0.1) is 19.3 Å². The number of nitriles is 1. The Morgan fingerprint density at radius 1 is 1.30 bits per heavy atom. The van der Waals surface area contributed by atoms with Crippen molar-refractivity contribution in [2.75, 3.05) is 0 Å². The minimum atomic E-state index is -0.816. The third-order valence-corrected chi connectivity index (χ3v) is 3.41. The lowest BCUT2D eigenvalue weighted by Crippen LogP contribution is -2.12. The maximum atomic E-state index is 12.5. The van der Waals surface area contributed by atoms with Crippen molar-refractivity contribution in [3.63, 3.8) is 0 Å². The molecular formula is C16H12N2O2. The number of aromatic nitrogens is 1. The molecule has 3 rings (SSSR count). The summed E-state index contributed by atoms with van der Waals surface area (Å²) in [4.78, 5) is 16.4. The van der Waals surface area contributed by atoms with Crippen molar-refractivity contribution in [2.24, 2.45) is 0 Å². The minimum Gasteiger partial charge on any atom is -0.372 e. The zero-order chi connectivity index (χ0) is 13.9. The molecule has 0 saturated heterocycles. The summed E-state index contributed by atoms with van der Waals surface area (Å²) in [5.41, 5.74) is 3.30. The van der Waals surface area contributed by atoms with Crippen LogP contribution in [0.4, 0.5) is 0 Å². The molecule has 1 aliphatic rings. The van der Waals surface area contributed by atoms with Crippen molar-refractivity contribution in [1.29, 1.82) is 5.26 Å². The normalized spacial score (nSPS) is 14.3. The number of carbonyl (C=O) groups excluding carboxylic acids is 1. The second kappa shape index (κ2) is 5.24. The fraction of sp³-hybridized carbons (Fsp3) is 0.188.